The Morgan fingerprint density at radius 1 is 0.800 bits per heavy atom. The molecule has 0 saturated carbocycles. The molecule has 0 bridgehead atoms. The molecule has 0 aliphatic heterocycles. The topological polar surface area (TPSA) is 81.7 Å². The van der Waals surface area contributed by atoms with E-state index in [0.29, 0.717) is 58.7 Å². The predicted octanol–water partition coefficient (Wildman–Crippen LogP) is 1.42. The summed E-state index contributed by atoms with van der Waals surface area (Å²) in [5.41, 5.74) is 0. The third-order valence-corrected chi connectivity index (χ3v) is 6.01. The number of methoxy groups -OCH3 is 3. The van der Waals surface area contributed by atoms with Crippen LogP contribution in [-0.2, 0) is 37.0 Å². The van der Waals surface area contributed by atoms with Crippen LogP contribution in [0.1, 0.15) is 12.8 Å². The Bertz CT molecular complexity index is 314. The molecule has 0 aromatic rings. The minimum Gasteiger partial charge on any atom is -0.463 e. The van der Waals surface area contributed by atoms with Gasteiger partial charge in [-0.1, -0.05) is 6.58 Å². The van der Waals surface area contributed by atoms with Crippen molar-refractivity contribution < 1.29 is 37.0 Å². The van der Waals surface area contributed by atoms with E-state index in [9.17, 15) is 4.79 Å². The van der Waals surface area contributed by atoms with Crippen LogP contribution >= 0.6 is 0 Å². The van der Waals surface area contributed by atoms with Crippen molar-refractivity contribution in [2.45, 2.75) is 18.9 Å². The van der Waals surface area contributed by atoms with E-state index < -0.39 is 14.8 Å². The summed E-state index contributed by atoms with van der Waals surface area (Å²) >= 11 is 0. The highest BCUT2D eigenvalue weighted by atomic mass is 28.4. The Kier molecular flexibility index (Phi) is 16.1. The van der Waals surface area contributed by atoms with Crippen molar-refractivity contribution in [1.29, 1.82) is 0 Å². The molecule has 0 saturated heterocycles. The minimum absolute atomic E-state index is 0.323. The third-order valence-electron chi connectivity index (χ3n) is 3.12. The molecule has 9 heteroatoms. The fourth-order valence-electron chi connectivity index (χ4n) is 1.86. The quantitative estimate of drug-likeness (QED) is 0.153. The molecule has 0 aliphatic carbocycles. The van der Waals surface area contributed by atoms with Gasteiger partial charge in [0.05, 0.1) is 46.2 Å². The molecule has 0 unspecified atom stereocenters. The fourth-order valence-corrected chi connectivity index (χ4v) is 4.41. The highest BCUT2D eigenvalue weighted by Crippen LogP contribution is 2.19. The molecule has 148 valence electrons. The number of rotatable bonds is 18. The van der Waals surface area contributed by atoms with Gasteiger partial charge in [-0.3, -0.25) is 0 Å². The van der Waals surface area contributed by atoms with Crippen molar-refractivity contribution in [3.8, 4) is 0 Å². The van der Waals surface area contributed by atoms with Gasteiger partial charge in [-0.25, -0.2) is 4.79 Å². The number of unbranched alkanes of at least 4 members (excludes halogenated alkanes) is 1. The van der Waals surface area contributed by atoms with E-state index in [0.717, 1.165) is 12.5 Å². The highest BCUT2D eigenvalue weighted by molar-refractivity contribution is 6.60. The van der Waals surface area contributed by atoms with E-state index >= 15 is 0 Å². The first-order valence-corrected chi connectivity index (χ1v) is 10.2. The van der Waals surface area contributed by atoms with E-state index in [4.69, 9.17) is 32.2 Å². The van der Waals surface area contributed by atoms with Gasteiger partial charge in [0.15, 0.2) is 0 Å². The molecule has 0 aromatic carbocycles. The van der Waals surface area contributed by atoms with Crippen molar-refractivity contribution in [2.75, 3.05) is 67.6 Å². The molecule has 0 spiro atoms. The summed E-state index contributed by atoms with van der Waals surface area (Å²) in [5.74, 6) is -0.424. The zero-order valence-corrected chi connectivity index (χ0v) is 16.6. The first kappa shape index (κ1) is 24.2. The van der Waals surface area contributed by atoms with Crippen LogP contribution in [0.25, 0.3) is 0 Å². The minimum atomic E-state index is -2.89. The molecule has 8 nitrogen and oxygen atoms in total. The standard InChI is InChI=1S/C16H32O8Si/c1-5-16(17)21-8-6-7-15-25(22-12-9-18-2,23-13-10-19-3)24-14-11-20-4/h5H,1,6-15H2,2-4H3. The molecule has 0 heterocycles. The second-order valence-corrected chi connectivity index (χ2v) is 7.77. The van der Waals surface area contributed by atoms with Gasteiger partial charge < -0.3 is 32.2 Å². The maximum atomic E-state index is 11.0. The van der Waals surface area contributed by atoms with Crippen LogP contribution in [0.15, 0.2) is 12.7 Å². The van der Waals surface area contributed by atoms with Crippen LogP contribution in [0.4, 0.5) is 0 Å². The first-order valence-electron chi connectivity index (χ1n) is 8.32. The fraction of sp³-hybridized carbons (Fsp3) is 0.812. The van der Waals surface area contributed by atoms with Gasteiger partial charge in [0.1, 0.15) is 0 Å². The van der Waals surface area contributed by atoms with Crippen LogP contribution in [0.5, 0.6) is 0 Å². The zero-order valence-electron chi connectivity index (χ0n) is 15.6. The van der Waals surface area contributed by atoms with E-state index in [-0.39, 0.29) is 0 Å². The summed E-state index contributed by atoms with van der Waals surface area (Å²) in [6, 6.07) is 0.607. The van der Waals surface area contributed by atoms with Crippen molar-refractivity contribution in [3.63, 3.8) is 0 Å². The molecule has 25 heavy (non-hydrogen) atoms. The molecule has 0 aromatic heterocycles. The summed E-state index contributed by atoms with van der Waals surface area (Å²) in [4.78, 5) is 11.0. The van der Waals surface area contributed by atoms with Gasteiger partial charge in [-0.15, -0.1) is 0 Å². The summed E-state index contributed by atoms with van der Waals surface area (Å²) in [5, 5.41) is 0. The number of hydrogen-bond acceptors (Lipinski definition) is 8. The normalized spacial score (nSPS) is 11.5. The lowest BCUT2D eigenvalue weighted by atomic mass is 10.4. The molecule has 0 atom stereocenters. The van der Waals surface area contributed by atoms with Crippen LogP contribution in [-0.4, -0.2) is 82.4 Å². The van der Waals surface area contributed by atoms with Gasteiger partial charge in [0.2, 0.25) is 0 Å². The van der Waals surface area contributed by atoms with Gasteiger partial charge in [0, 0.05) is 33.4 Å². The Labute approximate surface area is 151 Å². The van der Waals surface area contributed by atoms with Gasteiger partial charge in [-0.05, 0) is 12.8 Å². The lowest BCUT2D eigenvalue weighted by molar-refractivity contribution is -0.137. The molecular weight excluding hydrogens is 348 g/mol. The second-order valence-electron chi connectivity index (χ2n) is 5.04. The average molecular weight is 381 g/mol. The van der Waals surface area contributed by atoms with Crippen LogP contribution < -0.4 is 0 Å². The Morgan fingerprint density at radius 2 is 1.28 bits per heavy atom. The largest absolute Gasteiger partial charge is 0.501 e. The Morgan fingerprint density at radius 3 is 1.68 bits per heavy atom. The van der Waals surface area contributed by atoms with Crippen molar-refractivity contribution in [3.05, 3.63) is 12.7 Å². The predicted molar refractivity (Wildman–Crippen MR) is 94.4 cm³/mol. The Balaban J connectivity index is 4.57. The number of esters is 1. The van der Waals surface area contributed by atoms with E-state index in [1.54, 1.807) is 21.3 Å². The average Bonchev–Trinajstić information content (AvgIpc) is 2.61. The van der Waals surface area contributed by atoms with Crippen molar-refractivity contribution in [2.24, 2.45) is 0 Å². The molecule has 0 fully saturated rings. The zero-order chi connectivity index (χ0) is 18.8. The van der Waals surface area contributed by atoms with Crippen molar-refractivity contribution in [1.82, 2.24) is 0 Å². The SMILES string of the molecule is C=CC(=O)OCCCC[Si](OCCOC)(OCCOC)OCCOC. The molecule has 0 N–H and O–H groups in total. The molecule has 0 rings (SSSR count). The van der Waals surface area contributed by atoms with Crippen LogP contribution in [0.3, 0.4) is 0 Å². The summed E-state index contributed by atoms with van der Waals surface area (Å²) in [6.45, 7) is 6.19. The summed E-state index contributed by atoms with van der Waals surface area (Å²) in [6.07, 6.45) is 2.57. The monoisotopic (exact) mass is 380 g/mol. The lowest BCUT2D eigenvalue weighted by Gasteiger charge is -2.29. The lowest BCUT2D eigenvalue weighted by Crippen LogP contribution is -2.48. The number of hydrogen-bond donors (Lipinski definition) is 0. The smallest absolute Gasteiger partial charge is 0.463 e. The second kappa shape index (κ2) is 16.6. The Hall–Kier alpha value is -0.813. The summed E-state index contributed by atoms with van der Waals surface area (Å²) < 4.78 is 37.9. The number of carbonyl (C=O) groups excluding carboxylic acids is 1. The van der Waals surface area contributed by atoms with E-state index in [1.165, 1.54) is 0 Å². The molecule has 0 aliphatic rings. The molecular formula is C16H32O8Si. The number of ether oxygens (including phenoxy) is 4. The van der Waals surface area contributed by atoms with Crippen LogP contribution in [0.2, 0.25) is 6.04 Å². The number of carbonyl (C=O) groups is 1. The third kappa shape index (κ3) is 13.1. The van der Waals surface area contributed by atoms with Crippen LogP contribution in [0, 0.1) is 0 Å². The highest BCUT2D eigenvalue weighted by Gasteiger charge is 2.40. The molecule has 0 amide bonds. The molecule has 0 radical (unpaired) electrons. The van der Waals surface area contributed by atoms with Gasteiger partial charge in [-0.2, -0.15) is 0 Å². The van der Waals surface area contributed by atoms with Gasteiger partial charge >= 0.3 is 14.8 Å². The maximum absolute atomic E-state index is 11.0. The van der Waals surface area contributed by atoms with Crippen molar-refractivity contribution >= 4 is 14.8 Å². The maximum Gasteiger partial charge on any atom is 0.501 e. The van der Waals surface area contributed by atoms with E-state index in [1.807, 2.05) is 0 Å². The summed E-state index contributed by atoms with van der Waals surface area (Å²) in [7, 11) is 1.93. The van der Waals surface area contributed by atoms with E-state index in [2.05, 4.69) is 6.58 Å². The first-order chi connectivity index (χ1) is 12.1. The van der Waals surface area contributed by atoms with Gasteiger partial charge in [0.25, 0.3) is 0 Å².